The molecule has 3 rings (SSSR count). The SMILES string of the molecule is Cc1ccc(C(C)C)cc1OCC(=O)N1CCC(C(O)c2ccccc2)CC1. The lowest BCUT2D eigenvalue weighted by atomic mass is 9.87. The van der Waals surface area contributed by atoms with E-state index in [-0.39, 0.29) is 18.4 Å². The molecule has 4 heteroatoms. The van der Waals surface area contributed by atoms with Crippen molar-refractivity contribution in [1.29, 1.82) is 0 Å². The Balaban J connectivity index is 1.51. The molecule has 150 valence electrons. The van der Waals surface area contributed by atoms with Crippen LogP contribution in [0.25, 0.3) is 0 Å². The van der Waals surface area contributed by atoms with Crippen LogP contribution in [0.15, 0.2) is 48.5 Å². The van der Waals surface area contributed by atoms with Crippen LogP contribution in [0.5, 0.6) is 5.75 Å². The van der Waals surface area contributed by atoms with Crippen molar-refractivity contribution in [3.05, 3.63) is 65.2 Å². The Morgan fingerprint density at radius 2 is 1.79 bits per heavy atom. The molecule has 1 amide bonds. The summed E-state index contributed by atoms with van der Waals surface area (Å²) in [6, 6.07) is 16.0. The van der Waals surface area contributed by atoms with Crippen LogP contribution in [0.2, 0.25) is 0 Å². The average molecular weight is 382 g/mol. The van der Waals surface area contributed by atoms with E-state index in [2.05, 4.69) is 19.9 Å². The number of aryl methyl sites for hydroxylation is 1. The first-order valence-corrected chi connectivity index (χ1v) is 10.2. The summed E-state index contributed by atoms with van der Waals surface area (Å²) in [4.78, 5) is 14.4. The number of rotatable bonds is 6. The summed E-state index contributed by atoms with van der Waals surface area (Å²) in [5.74, 6) is 1.42. The number of hydrogen-bond donors (Lipinski definition) is 1. The first kappa shape index (κ1) is 20.4. The fraction of sp³-hybridized carbons (Fsp3) is 0.458. The number of amides is 1. The molecule has 0 bridgehead atoms. The van der Waals surface area contributed by atoms with Crippen LogP contribution < -0.4 is 4.74 Å². The highest BCUT2D eigenvalue weighted by molar-refractivity contribution is 5.77. The lowest BCUT2D eigenvalue weighted by molar-refractivity contribution is -0.135. The maximum Gasteiger partial charge on any atom is 0.260 e. The molecular formula is C24H31NO3. The summed E-state index contributed by atoms with van der Waals surface area (Å²) in [5.41, 5.74) is 3.21. The van der Waals surface area contributed by atoms with Gasteiger partial charge in [-0.15, -0.1) is 0 Å². The fourth-order valence-electron chi connectivity index (χ4n) is 3.75. The normalized spacial score (nSPS) is 16.2. The van der Waals surface area contributed by atoms with Gasteiger partial charge in [0.2, 0.25) is 0 Å². The highest BCUT2D eigenvalue weighted by Crippen LogP contribution is 2.31. The number of carbonyl (C=O) groups excluding carboxylic acids is 1. The summed E-state index contributed by atoms with van der Waals surface area (Å²) >= 11 is 0. The molecule has 0 radical (unpaired) electrons. The second-order valence-electron chi connectivity index (χ2n) is 8.04. The predicted octanol–water partition coefficient (Wildman–Crippen LogP) is 4.47. The zero-order valence-electron chi connectivity index (χ0n) is 17.1. The van der Waals surface area contributed by atoms with E-state index in [0.29, 0.717) is 19.0 Å². The van der Waals surface area contributed by atoms with Gasteiger partial charge >= 0.3 is 0 Å². The first-order valence-electron chi connectivity index (χ1n) is 10.2. The van der Waals surface area contributed by atoms with Crippen molar-refractivity contribution in [3.8, 4) is 5.75 Å². The summed E-state index contributed by atoms with van der Waals surface area (Å²) in [7, 11) is 0. The molecule has 0 spiro atoms. The molecule has 1 aliphatic rings. The van der Waals surface area contributed by atoms with Crippen LogP contribution in [0.3, 0.4) is 0 Å². The summed E-state index contributed by atoms with van der Waals surface area (Å²) < 4.78 is 5.85. The van der Waals surface area contributed by atoms with E-state index in [1.807, 2.05) is 54.3 Å². The Kier molecular flexibility index (Phi) is 6.74. The van der Waals surface area contributed by atoms with Crippen LogP contribution in [-0.2, 0) is 4.79 Å². The molecule has 0 aliphatic carbocycles. The monoisotopic (exact) mass is 381 g/mol. The van der Waals surface area contributed by atoms with E-state index in [1.165, 1.54) is 5.56 Å². The van der Waals surface area contributed by atoms with Crippen molar-refractivity contribution in [2.75, 3.05) is 19.7 Å². The average Bonchev–Trinajstić information content (AvgIpc) is 2.73. The van der Waals surface area contributed by atoms with E-state index in [0.717, 1.165) is 29.7 Å². The summed E-state index contributed by atoms with van der Waals surface area (Å²) in [5, 5.41) is 10.6. The van der Waals surface area contributed by atoms with Crippen LogP contribution in [0.4, 0.5) is 0 Å². The van der Waals surface area contributed by atoms with E-state index in [9.17, 15) is 9.90 Å². The molecule has 0 aromatic heterocycles. The number of ether oxygens (including phenoxy) is 1. The molecule has 1 fully saturated rings. The maximum absolute atomic E-state index is 12.6. The molecule has 4 nitrogen and oxygen atoms in total. The lowest BCUT2D eigenvalue weighted by Crippen LogP contribution is -2.42. The number of hydrogen-bond acceptors (Lipinski definition) is 3. The first-order chi connectivity index (χ1) is 13.5. The van der Waals surface area contributed by atoms with Crippen LogP contribution in [-0.4, -0.2) is 35.6 Å². The molecule has 1 saturated heterocycles. The van der Waals surface area contributed by atoms with Gasteiger partial charge in [-0.25, -0.2) is 0 Å². The van der Waals surface area contributed by atoms with Gasteiger partial charge in [0, 0.05) is 13.1 Å². The van der Waals surface area contributed by atoms with Gasteiger partial charge in [-0.2, -0.15) is 0 Å². The third kappa shape index (κ3) is 4.93. The Bertz CT molecular complexity index is 780. The zero-order chi connectivity index (χ0) is 20.1. The topological polar surface area (TPSA) is 49.8 Å². The van der Waals surface area contributed by atoms with Crippen molar-refractivity contribution < 1.29 is 14.6 Å². The molecule has 28 heavy (non-hydrogen) atoms. The molecular weight excluding hydrogens is 350 g/mol. The van der Waals surface area contributed by atoms with Gasteiger partial charge in [0.05, 0.1) is 6.10 Å². The molecule has 2 aromatic carbocycles. The van der Waals surface area contributed by atoms with Gasteiger partial charge in [-0.05, 0) is 54.4 Å². The maximum atomic E-state index is 12.6. The Morgan fingerprint density at radius 1 is 1.11 bits per heavy atom. The molecule has 1 atom stereocenters. The van der Waals surface area contributed by atoms with Gasteiger partial charge in [0.15, 0.2) is 6.61 Å². The molecule has 1 N–H and O–H groups in total. The Labute approximate surface area is 168 Å². The number of aliphatic hydroxyl groups excluding tert-OH is 1. The van der Waals surface area contributed by atoms with Crippen molar-refractivity contribution in [2.45, 2.75) is 45.6 Å². The minimum atomic E-state index is -0.462. The second-order valence-corrected chi connectivity index (χ2v) is 8.04. The molecule has 1 heterocycles. The van der Waals surface area contributed by atoms with Crippen LogP contribution >= 0.6 is 0 Å². The number of nitrogens with zero attached hydrogens (tertiary/aromatic N) is 1. The van der Waals surface area contributed by atoms with Crippen molar-refractivity contribution in [3.63, 3.8) is 0 Å². The number of likely N-dealkylation sites (tertiary alicyclic amines) is 1. The van der Waals surface area contributed by atoms with Crippen molar-refractivity contribution in [1.82, 2.24) is 4.90 Å². The molecule has 2 aromatic rings. The highest BCUT2D eigenvalue weighted by Gasteiger charge is 2.28. The van der Waals surface area contributed by atoms with Crippen LogP contribution in [0.1, 0.15) is 55.4 Å². The largest absolute Gasteiger partial charge is 0.483 e. The summed E-state index contributed by atoms with van der Waals surface area (Å²) in [6.07, 6.45) is 1.16. The van der Waals surface area contributed by atoms with E-state index >= 15 is 0 Å². The smallest absolute Gasteiger partial charge is 0.260 e. The zero-order valence-corrected chi connectivity index (χ0v) is 17.1. The van der Waals surface area contributed by atoms with Crippen molar-refractivity contribution in [2.24, 2.45) is 5.92 Å². The van der Waals surface area contributed by atoms with Crippen molar-refractivity contribution >= 4 is 5.91 Å². The lowest BCUT2D eigenvalue weighted by Gasteiger charge is -2.34. The second kappa shape index (κ2) is 9.24. The third-order valence-corrected chi connectivity index (χ3v) is 5.71. The van der Waals surface area contributed by atoms with Crippen LogP contribution in [0, 0.1) is 12.8 Å². The van der Waals surface area contributed by atoms with Gasteiger partial charge in [0.1, 0.15) is 5.75 Å². The highest BCUT2D eigenvalue weighted by atomic mass is 16.5. The van der Waals surface area contributed by atoms with Gasteiger partial charge < -0.3 is 14.7 Å². The standard InChI is InChI=1S/C24H31NO3/c1-17(2)21-10-9-18(3)22(15-21)28-16-23(26)25-13-11-20(12-14-25)24(27)19-7-5-4-6-8-19/h4-10,15,17,20,24,27H,11-14,16H2,1-3H3. The number of piperidine rings is 1. The van der Waals surface area contributed by atoms with E-state index in [1.54, 1.807) is 0 Å². The van der Waals surface area contributed by atoms with Gasteiger partial charge in [-0.3, -0.25) is 4.79 Å². The third-order valence-electron chi connectivity index (χ3n) is 5.71. The summed E-state index contributed by atoms with van der Waals surface area (Å²) in [6.45, 7) is 7.69. The molecule has 1 unspecified atom stereocenters. The number of carbonyl (C=O) groups is 1. The molecule has 1 aliphatic heterocycles. The number of benzene rings is 2. The fourth-order valence-corrected chi connectivity index (χ4v) is 3.75. The minimum Gasteiger partial charge on any atom is -0.483 e. The molecule has 0 saturated carbocycles. The van der Waals surface area contributed by atoms with E-state index < -0.39 is 6.10 Å². The Morgan fingerprint density at radius 3 is 2.43 bits per heavy atom. The Hall–Kier alpha value is -2.33. The van der Waals surface area contributed by atoms with E-state index in [4.69, 9.17) is 4.74 Å². The van der Waals surface area contributed by atoms with Gasteiger partial charge in [-0.1, -0.05) is 56.3 Å². The number of aliphatic hydroxyl groups is 1. The van der Waals surface area contributed by atoms with Gasteiger partial charge in [0.25, 0.3) is 5.91 Å². The minimum absolute atomic E-state index is 0.0157. The quantitative estimate of drug-likeness (QED) is 0.803. The predicted molar refractivity (Wildman–Crippen MR) is 111 cm³/mol.